The molecule has 0 radical (unpaired) electrons. The zero-order chi connectivity index (χ0) is 15.2. The molecule has 2 unspecified atom stereocenters. The second-order valence-corrected chi connectivity index (χ2v) is 5.19. The summed E-state index contributed by atoms with van der Waals surface area (Å²) in [5.41, 5.74) is -3.70. The average Bonchev–Trinajstić information content (AvgIpc) is 2.26. The minimum absolute atomic E-state index is 0.0358. The molecule has 0 bridgehead atoms. The number of allylic oxidation sites excluding steroid dienone is 1. The van der Waals surface area contributed by atoms with Gasteiger partial charge in [0.2, 0.25) is 5.78 Å². The highest BCUT2D eigenvalue weighted by molar-refractivity contribution is 5.95. The van der Waals surface area contributed by atoms with Gasteiger partial charge in [-0.2, -0.15) is 5.26 Å². The molecule has 0 aliphatic heterocycles. The molecular weight excluding hydrogens is 254 g/mol. The van der Waals surface area contributed by atoms with E-state index in [2.05, 4.69) is 0 Å². The fraction of sp³-hybridized carbons (Fsp3) is 0.636. The van der Waals surface area contributed by atoms with Crippen LogP contribution in [-0.2, 0) is 4.79 Å². The molecule has 19 heavy (non-hydrogen) atoms. The molecule has 0 saturated carbocycles. The number of Topliss-reactive ketones (excluding diaryl/α,β-unsaturated/α-hetero) is 1. The zero-order valence-corrected chi connectivity index (χ0v) is 11.0. The number of carbonyl (C=O) groups excluding carboxylic acids is 1. The van der Waals surface area contributed by atoms with Gasteiger partial charge in [-0.1, -0.05) is 0 Å². The predicted octanol–water partition coefficient (Wildman–Crippen LogP) is 1.12. The van der Waals surface area contributed by atoms with Gasteiger partial charge in [0.05, 0.1) is 11.5 Å². The van der Waals surface area contributed by atoms with Gasteiger partial charge in [0, 0.05) is 27.9 Å². The van der Waals surface area contributed by atoms with Gasteiger partial charge in [-0.15, -0.1) is 0 Å². The molecule has 102 valence electrons. The fourth-order valence-corrected chi connectivity index (χ4v) is 2.41. The molecule has 1 aliphatic rings. The van der Waals surface area contributed by atoms with E-state index >= 15 is 0 Å². The van der Waals surface area contributed by atoms with Crippen LogP contribution in [0, 0.1) is 37.0 Å². The van der Waals surface area contributed by atoms with E-state index in [1.165, 1.54) is 20.8 Å². The number of nitriles is 1. The minimum atomic E-state index is -2.19. The van der Waals surface area contributed by atoms with Gasteiger partial charge < -0.3 is 0 Å². The van der Waals surface area contributed by atoms with Crippen LogP contribution in [0.15, 0.2) is 11.1 Å². The van der Waals surface area contributed by atoms with E-state index in [1.54, 1.807) is 6.07 Å². The van der Waals surface area contributed by atoms with Gasteiger partial charge in [0.1, 0.15) is 0 Å². The summed E-state index contributed by atoms with van der Waals surface area (Å²) in [6.45, 7) is 5.05. The third-order valence-electron chi connectivity index (χ3n) is 3.86. The molecule has 0 aromatic carbocycles. The highest BCUT2D eigenvalue weighted by Crippen LogP contribution is 2.44. The van der Waals surface area contributed by atoms with E-state index in [0.29, 0.717) is 0 Å². The molecule has 8 heteroatoms. The normalized spacial score (nSPS) is 29.8. The maximum atomic E-state index is 12.2. The smallest absolute Gasteiger partial charge is 0.291 e. The van der Waals surface area contributed by atoms with Crippen LogP contribution in [0.25, 0.3) is 0 Å². The van der Waals surface area contributed by atoms with Crippen molar-refractivity contribution in [1.29, 1.82) is 5.26 Å². The zero-order valence-electron chi connectivity index (χ0n) is 11.0. The molecule has 0 heterocycles. The van der Waals surface area contributed by atoms with Crippen LogP contribution >= 0.6 is 0 Å². The molecule has 8 nitrogen and oxygen atoms in total. The Morgan fingerprint density at radius 3 is 2.05 bits per heavy atom. The van der Waals surface area contributed by atoms with Crippen molar-refractivity contribution in [3.05, 3.63) is 31.4 Å². The van der Waals surface area contributed by atoms with Crippen molar-refractivity contribution < 1.29 is 14.6 Å². The first-order chi connectivity index (χ1) is 8.52. The number of ketones is 1. The highest BCUT2D eigenvalue weighted by Gasteiger charge is 2.67. The number of nitro groups is 2. The largest absolute Gasteiger partial charge is 0.343 e. The molecule has 2 atom stereocenters. The van der Waals surface area contributed by atoms with Crippen LogP contribution in [0.5, 0.6) is 0 Å². The summed E-state index contributed by atoms with van der Waals surface area (Å²) < 4.78 is 0. The lowest BCUT2D eigenvalue weighted by molar-refractivity contribution is -0.631. The summed E-state index contributed by atoms with van der Waals surface area (Å²) in [5.74, 6) is -0.918. The Balaban J connectivity index is 3.79. The fourth-order valence-electron chi connectivity index (χ4n) is 2.41. The van der Waals surface area contributed by atoms with Crippen molar-refractivity contribution in [3.8, 4) is 6.07 Å². The van der Waals surface area contributed by atoms with Gasteiger partial charge in [-0.25, -0.2) is 0 Å². The maximum Gasteiger partial charge on any atom is 0.343 e. The third-order valence-corrected chi connectivity index (χ3v) is 3.86. The summed E-state index contributed by atoms with van der Waals surface area (Å²) in [5, 5.41) is 31.4. The Labute approximate surface area is 109 Å². The van der Waals surface area contributed by atoms with Gasteiger partial charge >= 0.3 is 11.6 Å². The molecule has 1 aliphatic carbocycles. The minimum Gasteiger partial charge on any atom is -0.291 e. The van der Waals surface area contributed by atoms with Crippen LogP contribution < -0.4 is 0 Å². The van der Waals surface area contributed by atoms with Crippen molar-refractivity contribution in [2.75, 3.05) is 0 Å². The van der Waals surface area contributed by atoms with E-state index in [4.69, 9.17) is 5.26 Å². The first kappa shape index (κ1) is 14.8. The van der Waals surface area contributed by atoms with E-state index in [-0.39, 0.29) is 11.1 Å². The predicted molar refractivity (Wildman–Crippen MR) is 63.3 cm³/mol. The second kappa shape index (κ2) is 4.12. The quantitative estimate of drug-likeness (QED) is 0.544. The Hall–Kier alpha value is -2.30. The van der Waals surface area contributed by atoms with Gasteiger partial charge in [-0.3, -0.25) is 25.0 Å². The number of carbonyl (C=O) groups is 1. The van der Waals surface area contributed by atoms with E-state index in [9.17, 15) is 25.0 Å². The summed E-state index contributed by atoms with van der Waals surface area (Å²) in [6, 6.07) is -0.215. The van der Waals surface area contributed by atoms with Crippen LogP contribution in [0.3, 0.4) is 0 Å². The molecular formula is C11H13N3O5. The Morgan fingerprint density at radius 2 is 1.74 bits per heavy atom. The average molecular weight is 267 g/mol. The Morgan fingerprint density at radius 1 is 1.26 bits per heavy atom. The lowest BCUT2D eigenvalue weighted by Gasteiger charge is -2.36. The molecule has 0 spiro atoms. The first-order valence-corrected chi connectivity index (χ1v) is 5.47. The maximum absolute atomic E-state index is 12.2. The standard InChI is InChI=1S/C11H13N3O5/c1-6-7(5-12)10(2,3)9(15)8(13(16)17)11(6,4)14(18)19/h8H,1-4H3. The van der Waals surface area contributed by atoms with Crippen molar-refractivity contribution in [2.45, 2.75) is 39.3 Å². The van der Waals surface area contributed by atoms with Crippen molar-refractivity contribution in [2.24, 2.45) is 5.41 Å². The van der Waals surface area contributed by atoms with Crippen LogP contribution in [0.4, 0.5) is 0 Å². The van der Waals surface area contributed by atoms with Crippen molar-refractivity contribution in [1.82, 2.24) is 0 Å². The van der Waals surface area contributed by atoms with Crippen LogP contribution in [0.2, 0.25) is 0 Å². The number of rotatable bonds is 2. The third kappa shape index (κ3) is 1.69. The monoisotopic (exact) mass is 267 g/mol. The van der Waals surface area contributed by atoms with Crippen LogP contribution in [0.1, 0.15) is 27.7 Å². The molecule has 0 N–H and O–H groups in total. The molecule has 0 saturated heterocycles. The molecule has 0 amide bonds. The van der Waals surface area contributed by atoms with Crippen LogP contribution in [-0.4, -0.2) is 27.2 Å². The summed E-state index contributed by atoms with van der Waals surface area (Å²) in [6.07, 6.45) is 0. The number of hydrogen-bond donors (Lipinski definition) is 0. The summed E-state index contributed by atoms with van der Waals surface area (Å²) in [7, 11) is 0. The lowest BCUT2D eigenvalue weighted by atomic mass is 9.63. The Kier molecular flexibility index (Phi) is 3.20. The lowest BCUT2D eigenvalue weighted by Crippen LogP contribution is -2.62. The molecule has 0 fully saturated rings. The highest BCUT2D eigenvalue weighted by atomic mass is 16.6. The van der Waals surface area contributed by atoms with E-state index in [1.807, 2.05) is 0 Å². The summed E-state index contributed by atoms with van der Waals surface area (Å²) in [4.78, 5) is 32.7. The Bertz CT molecular complexity index is 557. The van der Waals surface area contributed by atoms with Gasteiger partial charge in [0.15, 0.2) is 0 Å². The van der Waals surface area contributed by atoms with Crippen molar-refractivity contribution >= 4 is 5.78 Å². The number of hydrogen-bond acceptors (Lipinski definition) is 6. The summed E-state index contributed by atoms with van der Waals surface area (Å²) >= 11 is 0. The van der Waals surface area contributed by atoms with E-state index in [0.717, 1.165) is 6.92 Å². The SMILES string of the molecule is CC1=C(C#N)C(C)(C)C(=O)C([N+](=O)[O-])C1(C)[N+](=O)[O-]. The molecule has 1 rings (SSSR count). The van der Waals surface area contributed by atoms with E-state index < -0.39 is 32.6 Å². The van der Waals surface area contributed by atoms with Crippen molar-refractivity contribution in [3.63, 3.8) is 0 Å². The van der Waals surface area contributed by atoms with Gasteiger partial charge in [0.25, 0.3) is 0 Å². The molecule has 0 aromatic rings. The second-order valence-electron chi connectivity index (χ2n) is 5.19. The molecule has 0 aromatic heterocycles. The number of nitrogens with zero attached hydrogens (tertiary/aromatic N) is 3. The first-order valence-electron chi connectivity index (χ1n) is 5.47. The topological polar surface area (TPSA) is 127 Å². The van der Waals surface area contributed by atoms with Gasteiger partial charge in [-0.05, 0) is 20.8 Å².